The number of urea groups is 1. The lowest BCUT2D eigenvalue weighted by molar-refractivity contribution is -0.137. The average molecular weight is 435 g/mol. The first kappa shape index (κ1) is 20.8. The smallest absolute Gasteiger partial charge is 0.339 e. The van der Waals surface area contributed by atoms with Crippen LogP contribution in [0.15, 0.2) is 28.9 Å². The van der Waals surface area contributed by atoms with Gasteiger partial charge in [0.2, 0.25) is 5.89 Å². The van der Waals surface area contributed by atoms with Crippen LogP contribution in [0.3, 0.4) is 0 Å². The monoisotopic (exact) mass is 435 g/mol. The second-order valence-corrected chi connectivity index (χ2v) is 7.36. The van der Waals surface area contributed by atoms with Crippen LogP contribution in [0.4, 0.5) is 23.8 Å². The van der Waals surface area contributed by atoms with E-state index in [0.717, 1.165) is 12.3 Å². The molecule has 4 heterocycles. The molecule has 0 aromatic carbocycles. The minimum atomic E-state index is -4.48. The van der Waals surface area contributed by atoms with E-state index in [1.54, 1.807) is 24.8 Å². The van der Waals surface area contributed by atoms with E-state index >= 15 is 0 Å². The van der Waals surface area contributed by atoms with Crippen LogP contribution < -0.4 is 5.32 Å². The lowest BCUT2D eigenvalue weighted by atomic mass is 9.97. The lowest BCUT2D eigenvalue weighted by Gasteiger charge is -2.30. The molecule has 12 heteroatoms. The Bertz CT molecular complexity index is 1070. The Labute approximate surface area is 175 Å². The molecule has 9 nitrogen and oxygen atoms in total. The van der Waals surface area contributed by atoms with Crippen LogP contribution in [0.5, 0.6) is 0 Å². The van der Waals surface area contributed by atoms with Gasteiger partial charge in [-0.2, -0.15) is 27.9 Å². The summed E-state index contributed by atoms with van der Waals surface area (Å²) in [7, 11) is 0. The second kappa shape index (κ2) is 8.00. The SMILES string of the molecule is Cc1cc(NC(=O)N2CCC(c3nc(C)no3)CC2)n(-c2ccc(C(F)(F)F)cn2)n1. The van der Waals surface area contributed by atoms with Gasteiger partial charge in [0.25, 0.3) is 0 Å². The third kappa shape index (κ3) is 4.52. The Hall–Kier alpha value is -3.44. The zero-order valence-electron chi connectivity index (χ0n) is 16.8. The van der Waals surface area contributed by atoms with Crippen molar-refractivity contribution in [2.24, 2.45) is 0 Å². The number of carbonyl (C=O) groups is 1. The summed E-state index contributed by atoms with van der Waals surface area (Å²) in [5.41, 5.74) is -0.271. The number of hydrogen-bond donors (Lipinski definition) is 1. The summed E-state index contributed by atoms with van der Waals surface area (Å²) in [6, 6.07) is 3.44. The standard InChI is InChI=1S/C19H20F3N7O2/c1-11-9-16(29(26-11)15-4-3-14(10-23-15)19(20,21)22)25-18(30)28-7-5-13(6-8-28)17-24-12(2)27-31-17/h3-4,9-10,13H,5-8H2,1-2H3,(H,25,30). The Morgan fingerprint density at radius 3 is 2.55 bits per heavy atom. The van der Waals surface area contributed by atoms with Crippen molar-refractivity contribution in [3.05, 3.63) is 47.4 Å². The van der Waals surface area contributed by atoms with Gasteiger partial charge in [-0.15, -0.1) is 0 Å². The molecule has 0 saturated carbocycles. The van der Waals surface area contributed by atoms with Gasteiger partial charge in [0, 0.05) is 31.3 Å². The third-order valence-corrected chi connectivity index (χ3v) is 5.03. The number of piperidine rings is 1. The maximum Gasteiger partial charge on any atom is 0.417 e. The molecule has 0 unspecified atom stereocenters. The molecule has 1 aliphatic rings. The molecular formula is C19H20F3N7O2. The molecule has 0 aliphatic carbocycles. The highest BCUT2D eigenvalue weighted by atomic mass is 19.4. The number of aromatic nitrogens is 5. The highest BCUT2D eigenvalue weighted by molar-refractivity contribution is 5.88. The van der Waals surface area contributed by atoms with Gasteiger partial charge in [0.1, 0.15) is 5.82 Å². The molecule has 0 atom stereocenters. The van der Waals surface area contributed by atoms with Crippen LogP contribution in [0.2, 0.25) is 0 Å². The number of likely N-dealkylation sites (tertiary alicyclic amines) is 1. The van der Waals surface area contributed by atoms with Crippen LogP contribution >= 0.6 is 0 Å². The number of nitrogens with one attached hydrogen (secondary N) is 1. The minimum absolute atomic E-state index is 0.106. The Morgan fingerprint density at radius 1 is 1.23 bits per heavy atom. The van der Waals surface area contributed by atoms with Gasteiger partial charge in [-0.25, -0.2) is 9.78 Å². The fraction of sp³-hybridized carbons (Fsp3) is 0.421. The van der Waals surface area contributed by atoms with Crippen LogP contribution in [-0.4, -0.2) is 48.9 Å². The first-order valence-corrected chi connectivity index (χ1v) is 9.67. The summed E-state index contributed by atoms with van der Waals surface area (Å²) in [5.74, 6) is 1.76. The molecule has 1 aliphatic heterocycles. The predicted molar refractivity (Wildman–Crippen MR) is 103 cm³/mol. The highest BCUT2D eigenvalue weighted by Gasteiger charge is 2.31. The van der Waals surface area contributed by atoms with Crippen molar-refractivity contribution in [2.45, 2.75) is 38.8 Å². The summed E-state index contributed by atoms with van der Waals surface area (Å²) in [6.45, 7) is 4.48. The number of amides is 2. The number of alkyl halides is 3. The molecular weight excluding hydrogens is 415 g/mol. The van der Waals surface area contributed by atoms with Crippen molar-refractivity contribution in [3.63, 3.8) is 0 Å². The van der Waals surface area contributed by atoms with E-state index in [0.29, 0.717) is 49.2 Å². The highest BCUT2D eigenvalue weighted by Crippen LogP contribution is 2.29. The summed E-state index contributed by atoms with van der Waals surface area (Å²) in [4.78, 5) is 22.5. The lowest BCUT2D eigenvalue weighted by Crippen LogP contribution is -2.41. The molecule has 1 fully saturated rings. The Kier molecular flexibility index (Phi) is 5.38. The molecule has 3 aromatic rings. The molecule has 0 bridgehead atoms. The Morgan fingerprint density at radius 2 is 1.97 bits per heavy atom. The molecule has 164 valence electrons. The second-order valence-electron chi connectivity index (χ2n) is 7.36. The number of anilines is 1. The normalized spacial score (nSPS) is 15.3. The largest absolute Gasteiger partial charge is 0.417 e. The minimum Gasteiger partial charge on any atom is -0.339 e. The van der Waals surface area contributed by atoms with Crippen molar-refractivity contribution in [1.82, 2.24) is 29.8 Å². The summed E-state index contributed by atoms with van der Waals surface area (Å²) in [5, 5.41) is 10.8. The number of pyridine rings is 1. The van der Waals surface area contributed by atoms with Gasteiger partial charge in [-0.05, 0) is 38.8 Å². The molecule has 4 rings (SSSR count). The maximum absolute atomic E-state index is 12.8. The topological polar surface area (TPSA) is 102 Å². The first-order valence-electron chi connectivity index (χ1n) is 9.67. The van der Waals surface area contributed by atoms with Crippen LogP contribution in [0.25, 0.3) is 5.82 Å². The van der Waals surface area contributed by atoms with E-state index in [2.05, 4.69) is 25.5 Å². The number of halogens is 3. The number of rotatable bonds is 3. The number of aryl methyl sites for hydroxylation is 2. The molecule has 1 N–H and O–H groups in total. The number of hydrogen-bond acceptors (Lipinski definition) is 6. The molecule has 3 aromatic heterocycles. The fourth-order valence-corrected chi connectivity index (χ4v) is 3.44. The molecule has 2 amide bonds. The van der Waals surface area contributed by atoms with Crippen molar-refractivity contribution >= 4 is 11.8 Å². The molecule has 1 saturated heterocycles. The molecule has 31 heavy (non-hydrogen) atoms. The zero-order chi connectivity index (χ0) is 22.2. The van der Waals surface area contributed by atoms with Crippen LogP contribution in [-0.2, 0) is 6.18 Å². The van der Waals surface area contributed by atoms with E-state index in [-0.39, 0.29) is 17.8 Å². The van der Waals surface area contributed by atoms with E-state index in [4.69, 9.17) is 4.52 Å². The van der Waals surface area contributed by atoms with Crippen LogP contribution in [0.1, 0.15) is 41.7 Å². The quantitative estimate of drug-likeness (QED) is 0.673. The molecule has 0 radical (unpaired) electrons. The van der Waals surface area contributed by atoms with Crippen LogP contribution in [0, 0.1) is 13.8 Å². The van der Waals surface area contributed by atoms with E-state index in [1.807, 2.05) is 0 Å². The predicted octanol–water partition coefficient (Wildman–Crippen LogP) is 3.70. The summed E-state index contributed by atoms with van der Waals surface area (Å²) < 4.78 is 44.9. The van der Waals surface area contributed by atoms with Crippen molar-refractivity contribution in [3.8, 4) is 5.82 Å². The maximum atomic E-state index is 12.8. The number of carbonyl (C=O) groups excluding carboxylic acids is 1. The first-order chi connectivity index (χ1) is 14.7. The summed E-state index contributed by atoms with van der Waals surface area (Å²) in [6.07, 6.45) is -2.36. The molecule has 0 spiro atoms. The summed E-state index contributed by atoms with van der Waals surface area (Å²) >= 11 is 0. The van der Waals surface area contributed by atoms with Gasteiger partial charge < -0.3 is 9.42 Å². The Balaban J connectivity index is 1.44. The van der Waals surface area contributed by atoms with Gasteiger partial charge in [-0.1, -0.05) is 5.16 Å². The van der Waals surface area contributed by atoms with E-state index < -0.39 is 11.7 Å². The van der Waals surface area contributed by atoms with Crippen molar-refractivity contribution < 1.29 is 22.5 Å². The van der Waals surface area contributed by atoms with Gasteiger partial charge in [0.15, 0.2) is 11.6 Å². The van der Waals surface area contributed by atoms with Crippen molar-refractivity contribution in [2.75, 3.05) is 18.4 Å². The zero-order valence-corrected chi connectivity index (χ0v) is 16.8. The average Bonchev–Trinajstić information content (AvgIpc) is 3.33. The van der Waals surface area contributed by atoms with Crippen molar-refractivity contribution in [1.29, 1.82) is 0 Å². The van der Waals surface area contributed by atoms with E-state index in [1.165, 1.54) is 10.7 Å². The number of nitrogens with zero attached hydrogens (tertiary/aromatic N) is 6. The van der Waals surface area contributed by atoms with Gasteiger partial charge in [-0.3, -0.25) is 5.32 Å². The van der Waals surface area contributed by atoms with Gasteiger partial charge in [0.05, 0.1) is 11.3 Å². The fourth-order valence-electron chi connectivity index (χ4n) is 3.44. The van der Waals surface area contributed by atoms with E-state index in [9.17, 15) is 18.0 Å². The van der Waals surface area contributed by atoms with Gasteiger partial charge >= 0.3 is 12.2 Å². The third-order valence-electron chi connectivity index (χ3n) is 5.03.